The molecule has 0 saturated carbocycles. The third-order valence-electron chi connectivity index (χ3n) is 2.73. The Balaban J connectivity index is 1.87. The number of aromatic nitrogens is 1. The highest BCUT2D eigenvalue weighted by atomic mass is 32.1. The summed E-state index contributed by atoms with van der Waals surface area (Å²) in [6, 6.07) is 9.43. The van der Waals surface area contributed by atoms with Crippen molar-refractivity contribution in [1.82, 2.24) is 4.98 Å². The first-order valence-corrected chi connectivity index (χ1v) is 6.68. The molecule has 0 saturated heterocycles. The summed E-state index contributed by atoms with van der Waals surface area (Å²) in [5.41, 5.74) is 2.07. The van der Waals surface area contributed by atoms with E-state index in [1.165, 1.54) is 16.9 Å². The van der Waals surface area contributed by atoms with Crippen molar-refractivity contribution >= 4 is 32.6 Å². The number of aryl methyl sites for hydroxylation is 2. The van der Waals surface area contributed by atoms with E-state index in [-0.39, 0.29) is 5.91 Å². The van der Waals surface area contributed by atoms with Crippen LogP contribution in [0.2, 0.25) is 0 Å². The van der Waals surface area contributed by atoms with Gasteiger partial charge in [0.05, 0.1) is 10.2 Å². The Morgan fingerprint density at radius 2 is 2.11 bits per heavy atom. The lowest BCUT2D eigenvalue weighted by atomic mass is 10.2. The molecule has 0 bridgehead atoms. The molecule has 0 fully saturated rings. The third-order valence-corrected chi connectivity index (χ3v) is 3.66. The summed E-state index contributed by atoms with van der Waals surface area (Å²) >= 11 is 1.46. The molecule has 0 unspecified atom stereocenters. The average Bonchev–Trinajstić information content (AvgIpc) is 2.94. The fourth-order valence-electron chi connectivity index (χ4n) is 1.80. The lowest BCUT2D eigenvalue weighted by Crippen LogP contribution is -2.10. The summed E-state index contributed by atoms with van der Waals surface area (Å²) < 4.78 is 6.34. The van der Waals surface area contributed by atoms with E-state index < -0.39 is 0 Å². The van der Waals surface area contributed by atoms with Crippen LogP contribution in [0.5, 0.6) is 0 Å². The standard InChI is InChI=1S/C14H12N2O2S/c1-8-3-5-10-12(7-8)19-14(15-10)16-13(17)11-6-4-9(2)18-11/h3-7H,1-2H3,(H,15,16,17). The van der Waals surface area contributed by atoms with Gasteiger partial charge in [-0.3, -0.25) is 10.1 Å². The molecule has 0 atom stereocenters. The Labute approximate surface area is 114 Å². The molecule has 0 aliphatic heterocycles. The number of nitrogens with zero attached hydrogens (tertiary/aromatic N) is 1. The van der Waals surface area contributed by atoms with Gasteiger partial charge in [0.25, 0.3) is 5.91 Å². The number of carbonyl (C=O) groups excluding carboxylic acids is 1. The summed E-state index contributed by atoms with van der Waals surface area (Å²) in [7, 11) is 0. The van der Waals surface area contributed by atoms with Crippen molar-refractivity contribution in [2.24, 2.45) is 0 Å². The predicted molar refractivity (Wildman–Crippen MR) is 75.8 cm³/mol. The van der Waals surface area contributed by atoms with Crippen molar-refractivity contribution in [2.75, 3.05) is 5.32 Å². The molecule has 3 rings (SSSR count). The van der Waals surface area contributed by atoms with E-state index in [4.69, 9.17) is 4.42 Å². The van der Waals surface area contributed by atoms with Gasteiger partial charge in [-0.25, -0.2) is 4.98 Å². The molecule has 0 radical (unpaired) electrons. The second-order valence-electron chi connectivity index (χ2n) is 4.35. The quantitative estimate of drug-likeness (QED) is 0.772. The summed E-state index contributed by atoms with van der Waals surface area (Å²) in [5.74, 6) is 0.738. The second-order valence-corrected chi connectivity index (χ2v) is 5.39. The number of fused-ring (bicyclic) bond motifs is 1. The number of rotatable bonds is 2. The maximum Gasteiger partial charge on any atom is 0.293 e. The minimum absolute atomic E-state index is 0.274. The summed E-state index contributed by atoms with van der Waals surface area (Å²) in [4.78, 5) is 16.3. The minimum Gasteiger partial charge on any atom is -0.456 e. The van der Waals surface area contributed by atoms with Crippen LogP contribution in [0.15, 0.2) is 34.7 Å². The highest BCUT2D eigenvalue weighted by Crippen LogP contribution is 2.27. The maximum absolute atomic E-state index is 11.9. The summed E-state index contributed by atoms with van der Waals surface area (Å²) in [5, 5.41) is 3.34. The molecule has 4 nitrogen and oxygen atoms in total. The van der Waals surface area contributed by atoms with E-state index in [0.29, 0.717) is 16.7 Å². The number of nitrogens with one attached hydrogen (secondary N) is 1. The number of furan rings is 1. The topological polar surface area (TPSA) is 55.1 Å². The van der Waals surface area contributed by atoms with Gasteiger partial charge in [-0.15, -0.1) is 0 Å². The molecule has 0 aliphatic carbocycles. The minimum atomic E-state index is -0.274. The Morgan fingerprint density at radius 3 is 2.84 bits per heavy atom. The van der Waals surface area contributed by atoms with Gasteiger partial charge in [0.2, 0.25) is 0 Å². The molecular weight excluding hydrogens is 260 g/mol. The molecule has 3 aromatic rings. The fraction of sp³-hybridized carbons (Fsp3) is 0.143. The SMILES string of the molecule is Cc1ccc2nc(NC(=O)c3ccc(C)o3)sc2c1. The van der Waals surface area contributed by atoms with Gasteiger partial charge in [-0.05, 0) is 43.7 Å². The van der Waals surface area contributed by atoms with Crippen LogP contribution in [-0.2, 0) is 0 Å². The fourth-order valence-corrected chi connectivity index (χ4v) is 2.76. The molecule has 1 amide bonds. The Kier molecular flexibility index (Phi) is 2.83. The van der Waals surface area contributed by atoms with Crippen LogP contribution in [0, 0.1) is 13.8 Å². The first kappa shape index (κ1) is 11.9. The van der Waals surface area contributed by atoms with Crippen LogP contribution in [0.1, 0.15) is 21.9 Å². The number of anilines is 1. The molecule has 2 heterocycles. The monoisotopic (exact) mass is 272 g/mol. The summed E-state index contributed by atoms with van der Waals surface area (Å²) in [6.07, 6.45) is 0. The van der Waals surface area contributed by atoms with E-state index in [1.807, 2.05) is 19.1 Å². The molecule has 0 aliphatic rings. The van der Waals surface area contributed by atoms with Gasteiger partial charge in [-0.1, -0.05) is 17.4 Å². The van der Waals surface area contributed by atoms with Gasteiger partial charge < -0.3 is 4.42 Å². The van der Waals surface area contributed by atoms with E-state index in [1.54, 1.807) is 19.1 Å². The Hall–Kier alpha value is -2.14. The maximum atomic E-state index is 11.9. The van der Waals surface area contributed by atoms with Crippen molar-refractivity contribution in [3.63, 3.8) is 0 Å². The van der Waals surface area contributed by atoms with Crippen LogP contribution >= 0.6 is 11.3 Å². The average molecular weight is 272 g/mol. The number of thiazole rings is 1. The van der Waals surface area contributed by atoms with Crippen LogP contribution < -0.4 is 5.32 Å². The van der Waals surface area contributed by atoms with E-state index in [0.717, 1.165) is 10.2 Å². The Morgan fingerprint density at radius 1 is 1.26 bits per heavy atom. The molecule has 2 aromatic heterocycles. The molecule has 19 heavy (non-hydrogen) atoms. The van der Waals surface area contributed by atoms with Crippen molar-refractivity contribution in [3.8, 4) is 0 Å². The van der Waals surface area contributed by atoms with E-state index >= 15 is 0 Å². The molecule has 0 spiro atoms. The summed E-state index contributed by atoms with van der Waals surface area (Å²) in [6.45, 7) is 3.83. The smallest absolute Gasteiger partial charge is 0.293 e. The molecule has 1 N–H and O–H groups in total. The highest BCUT2D eigenvalue weighted by Gasteiger charge is 2.12. The number of hydrogen-bond donors (Lipinski definition) is 1. The lowest BCUT2D eigenvalue weighted by Gasteiger charge is -1.96. The number of carbonyl (C=O) groups is 1. The predicted octanol–water partition coefficient (Wildman–Crippen LogP) is 3.76. The normalized spacial score (nSPS) is 10.8. The Bertz CT molecular complexity index is 758. The first-order valence-electron chi connectivity index (χ1n) is 5.87. The van der Waals surface area contributed by atoms with Crippen molar-refractivity contribution < 1.29 is 9.21 Å². The van der Waals surface area contributed by atoms with Gasteiger partial charge in [0.1, 0.15) is 5.76 Å². The van der Waals surface area contributed by atoms with E-state index in [9.17, 15) is 4.79 Å². The molecule has 1 aromatic carbocycles. The zero-order valence-electron chi connectivity index (χ0n) is 10.6. The van der Waals surface area contributed by atoms with E-state index in [2.05, 4.69) is 16.4 Å². The lowest BCUT2D eigenvalue weighted by molar-refractivity contribution is 0.0995. The van der Waals surface area contributed by atoms with Gasteiger partial charge in [0, 0.05) is 0 Å². The van der Waals surface area contributed by atoms with Crippen LogP contribution in [-0.4, -0.2) is 10.9 Å². The van der Waals surface area contributed by atoms with Crippen molar-refractivity contribution in [2.45, 2.75) is 13.8 Å². The number of amides is 1. The van der Waals surface area contributed by atoms with Crippen LogP contribution in [0.3, 0.4) is 0 Å². The zero-order chi connectivity index (χ0) is 13.4. The van der Waals surface area contributed by atoms with Gasteiger partial charge in [0.15, 0.2) is 10.9 Å². The number of hydrogen-bond acceptors (Lipinski definition) is 4. The van der Waals surface area contributed by atoms with Crippen molar-refractivity contribution in [1.29, 1.82) is 0 Å². The number of benzene rings is 1. The van der Waals surface area contributed by atoms with Crippen molar-refractivity contribution in [3.05, 3.63) is 47.4 Å². The molecule has 96 valence electrons. The first-order chi connectivity index (χ1) is 9.11. The second kappa shape index (κ2) is 4.51. The van der Waals surface area contributed by atoms with Gasteiger partial charge >= 0.3 is 0 Å². The van der Waals surface area contributed by atoms with Crippen LogP contribution in [0.4, 0.5) is 5.13 Å². The van der Waals surface area contributed by atoms with Crippen LogP contribution in [0.25, 0.3) is 10.2 Å². The van der Waals surface area contributed by atoms with Gasteiger partial charge in [-0.2, -0.15) is 0 Å². The largest absolute Gasteiger partial charge is 0.456 e. The molecule has 5 heteroatoms. The third kappa shape index (κ3) is 2.37. The highest BCUT2D eigenvalue weighted by molar-refractivity contribution is 7.22. The zero-order valence-corrected chi connectivity index (χ0v) is 11.4. The molecular formula is C14H12N2O2S.